The highest BCUT2D eigenvalue weighted by Gasteiger charge is 2.07. The van der Waals surface area contributed by atoms with Crippen molar-refractivity contribution in [1.29, 1.82) is 0 Å². The van der Waals surface area contributed by atoms with E-state index in [-0.39, 0.29) is 5.91 Å². The number of anilines is 1. The molecule has 0 fully saturated rings. The minimum absolute atomic E-state index is 0.172. The number of rotatable bonds is 6. The van der Waals surface area contributed by atoms with E-state index in [1.807, 2.05) is 6.92 Å². The topological polar surface area (TPSA) is 66.9 Å². The van der Waals surface area contributed by atoms with Crippen molar-refractivity contribution in [2.24, 2.45) is 0 Å². The summed E-state index contributed by atoms with van der Waals surface area (Å²) in [6.07, 6.45) is 5.01. The first kappa shape index (κ1) is 12.4. The first-order valence-electron chi connectivity index (χ1n) is 5.62. The molecular formula is C11H18N4O. The van der Waals surface area contributed by atoms with Crippen molar-refractivity contribution < 1.29 is 4.79 Å². The summed E-state index contributed by atoms with van der Waals surface area (Å²) in [5, 5.41) is 5.85. The number of nitrogens with zero attached hydrogens (tertiary/aromatic N) is 2. The minimum atomic E-state index is -0.172. The largest absolute Gasteiger partial charge is 0.369 e. The number of amides is 1. The van der Waals surface area contributed by atoms with E-state index in [4.69, 9.17) is 0 Å². The Morgan fingerprint density at radius 1 is 1.25 bits per heavy atom. The highest BCUT2D eigenvalue weighted by molar-refractivity contribution is 5.92. The Kier molecular flexibility index (Phi) is 5.25. The van der Waals surface area contributed by atoms with E-state index in [1.54, 1.807) is 6.20 Å². The third-order valence-electron chi connectivity index (χ3n) is 1.96. The van der Waals surface area contributed by atoms with E-state index in [2.05, 4.69) is 27.5 Å². The van der Waals surface area contributed by atoms with Gasteiger partial charge in [0.1, 0.15) is 11.5 Å². The van der Waals surface area contributed by atoms with Crippen LogP contribution in [0.5, 0.6) is 0 Å². The van der Waals surface area contributed by atoms with Crippen molar-refractivity contribution in [3.63, 3.8) is 0 Å². The summed E-state index contributed by atoms with van der Waals surface area (Å²) in [6.45, 7) is 5.56. The lowest BCUT2D eigenvalue weighted by Crippen LogP contribution is -2.25. The summed E-state index contributed by atoms with van der Waals surface area (Å²) in [7, 11) is 0. The van der Waals surface area contributed by atoms with Crippen molar-refractivity contribution in [2.75, 3.05) is 18.4 Å². The van der Waals surface area contributed by atoms with Gasteiger partial charge in [0.15, 0.2) is 0 Å². The fourth-order valence-electron chi connectivity index (χ4n) is 1.14. The van der Waals surface area contributed by atoms with Crippen LogP contribution in [0.3, 0.4) is 0 Å². The maximum atomic E-state index is 11.6. The van der Waals surface area contributed by atoms with Crippen molar-refractivity contribution in [3.05, 3.63) is 18.1 Å². The van der Waals surface area contributed by atoms with Gasteiger partial charge in [-0.25, -0.2) is 4.98 Å². The van der Waals surface area contributed by atoms with Crippen LogP contribution in [0.1, 0.15) is 37.2 Å². The fraction of sp³-hybridized carbons (Fsp3) is 0.545. The number of nitrogens with one attached hydrogen (secondary N) is 2. The van der Waals surface area contributed by atoms with Crippen LogP contribution < -0.4 is 10.6 Å². The average Bonchev–Trinajstić information content (AvgIpc) is 2.33. The van der Waals surface area contributed by atoms with E-state index in [9.17, 15) is 4.79 Å². The van der Waals surface area contributed by atoms with Crippen molar-refractivity contribution in [1.82, 2.24) is 15.3 Å². The van der Waals surface area contributed by atoms with Crippen LogP contribution in [-0.2, 0) is 0 Å². The summed E-state index contributed by atoms with van der Waals surface area (Å²) in [6, 6.07) is 0. The highest BCUT2D eigenvalue weighted by atomic mass is 16.1. The number of aromatic nitrogens is 2. The molecule has 5 heteroatoms. The van der Waals surface area contributed by atoms with Gasteiger partial charge in [-0.1, -0.05) is 13.8 Å². The smallest absolute Gasteiger partial charge is 0.271 e. The van der Waals surface area contributed by atoms with Gasteiger partial charge in [0.2, 0.25) is 0 Å². The SMILES string of the molecule is CCCNC(=O)c1cncc(NCCC)n1. The van der Waals surface area contributed by atoms with Gasteiger partial charge in [0.25, 0.3) is 5.91 Å². The van der Waals surface area contributed by atoms with Crippen molar-refractivity contribution in [2.45, 2.75) is 26.7 Å². The van der Waals surface area contributed by atoms with Gasteiger partial charge in [0.05, 0.1) is 12.4 Å². The first-order chi connectivity index (χ1) is 7.77. The zero-order valence-corrected chi connectivity index (χ0v) is 9.79. The Morgan fingerprint density at radius 3 is 2.69 bits per heavy atom. The molecule has 88 valence electrons. The van der Waals surface area contributed by atoms with Crippen LogP contribution in [0, 0.1) is 0 Å². The molecule has 0 aliphatic heterocycles. The Hall–Kier alpha value is -1.65. The van der Waals surface area contributed by atoms with E-state index >= 15 is 0 Å². The maximum Gasteiger partial charge on any atom is 0.271 e. The summed E-state index contributed by atoms with van der Waals surface area (Å²) >= 11 is 0. The highest BCUT2D eigenvalue weighted by Crippen LogP contribution is 2.02. The van der Waals surface area contributed by atoms with Crippen molar-refractivity contribution >= 4 is 11.7 Å². The molecule has 0 unspecified atom stereocenters. The summed E-state index contributed by atoms with van der Waals surface area (Å²) in [5.41, 5.74) is 0.356. The molecule has 0 aliphatic rings. The number of carbonyl (C=O) groups excluding carboxylic acids is 1. The molecule has 0 aliphatic carbocycles. The fourth-order valence-corrected chi connectivity index (χ4v) is 1.14. The molecule has 1 amide bonds. The third-order valence-corrected chi connectivity index (χ3v) is 1.96. The minimum Gasteiger partial charge on any atom is -0.369 e. The number of carbonyl (C=O) groups is 1. The zero-order valence-electron chi connectivity index (χ0n) is 9.79. The van der Waals surface area contributed by atoms with Crippen molar-refractivity contribution in [3.8, 4) is 0 Å². The van der Waals surface area contributed by atoms with Crippen LogP contribution in [0.15, 0.2) is 12.4 Å². The second-order valence-electron chi connectivity index (χ2n) is 3.47. The maximum absolute atomic E-state index is 11.6. The molecule has 0 spiro atoms. The van der Waals surface area contributed by atoms with Gasteiger partial charge in [-0.15, -0.1) is 0 Å². The van der Waals surface area contributed by atoms with Gasteiger partial charge in [-0.3, -0.25) is 9.78 Å². The van der Waals surface area contributed by atoms with Gasteiger partial charge in [-0.2, -0.15) is 0 Å². The summed E-state index contributed by atoms with van der Waals surface area (Å²) in [5.74, 6) is 0.473. The lowest BCUT2D eigenvalue weighted by Gasteiger charge is -2.05. The summed E-state index contributed by atoms with van der Waals surface area (Å²) < 4.78 is 0. The Morgan fingerprint density at radius 2 is 2.00 bits per heavy atom. The molecule has 16 heavy (non-hydrogen) atoms. The molecule has 0 saturated carbocycles. The lowest BCUT2D eigenvalue weighted by molar-refractivity contribution is 0.0948. The predicted molar refractivity (Wildman–Crippen MR) is 63.4 cm³/mol. The quantitative estimate of drug-likeness (QED) is 0.764. The molecule has 1 rings (SSSR count). The molecule has 0 atom stereocenters. The van der Waals surface area contributed by atoms with Gasteiger partial charge in [-0.05, 0) is 12.8 Å². The van der Waals surface area contributed by atoms with Crippen LogP contribution >= 0.6 is 0 Å². The molecule has 0 saturated heterocycles. The first-order valence-corrected chi connectivity index (χ1v) is 5.62. The Balaban J connectivity index is 2.62. The summed E-state index contributed by atoms with van der Waals surface area (Å²) in [4.78, 5) is 19.7. The zero-order chi connectivity index (χ0) is 11.8. The standard InChI is InChI=1S/C11H18N4O/c1-3-5-13-10-8-12-7-9(15-10)11(16)14-6-4-2/h7-8H,3-6H2,1-2H3,(H,13,15)(H,14,16). The third kappa shape index (κ3) is 3.84. The molecule has 2 N–H and O–H groups in total. The average molecular weight is 222 g/mol. The molecular weight excluding hydrogens is 204 g/mol. The molecule has 0 radical (unpaired) electrons. The number of hydrogen-bond acceptors (Lipinski definition) is 4. The second-order valence-corrected chi connectivity index (χ2v) is 3.47. The monoisotopic (exact) mass is 222 g/mol. The lowest BCUT2D eigenvalue weighted by atomic mass is 10.4. The van der Waals surface area contributed by atoms with E-state index in [1.165, 1.54) is 6.20 Å². The second kappa shape index (κ2) is 6.76. The van der Waals surface area contributed by atoms with Crippen LogP contribution in [-0.4, -0.2) is 29.0 Å². The van der Waals surface area contributed by atoms with E-state index < -0.39 is 0 Å². The van der Waals surface area contributed by atoms with E-state index in [0.29, 0.717) is 18.1 Å². The molecule has 1 aromatic heterocycles. The Bertz CT molecular complexity index is 341. The van der Waals surface area contributed by atoms with E-state index in [0.717, 1.165) is 19.4 Å². The molecule has 1 heterocycles. The molecule has 0 bridgehead atoms. The predicted octanol–water partition coefficient (Wildman–Crippen LogP) is 1.44. The normalized spacial score (nSPS) is 9.88. The number of hydrogen-bond donors (Lipinski definition) is 2. The van der Waals surface area contributed by atoms with Crippen LogP contribution in [0.4, 0.5) is 5.82 Å². The molecule has 1 aromatic rings. The van der Waals surface area contributed by atoms with Gasteiger partial charge in [0, 0.05) is 13.1 Å². The van der Waals surface area contributed by atoms with Crippen LogP contribution in [0.25, 0.3) is 0 Å². The van der Waals surface area contributed by atoms with Gasteiger partial charge < -0.3 is 10.6 Å². The Labute approximate surface area is 95.7 Å². The van der Waals surface area contributed by atoms with Crippen LogP contribution in [0.2, 0.25) is 0 Å². The molecule has 5 nitrogen and oxygen atoms in total. The molecule has 0 aromatic carbocycles. The van der Waals surface area contributed by atoms with Gasteiger partial charge >= 0.3 is 0 Å².